The minimum atomic E-state index is 0.460. The number of halogens is 1. The molecule has 1 fully saturated rings. The highest BCUT2D eigenvalue weighted by Gasteiger charge is 2.26. The molecule has 1 atom stereocenters. The van der Waals surface area contributed by atoms with Crippen LogP contribution in [0.1, 0.15) is 30.3 Å². The quantitative estimate of drug-likeness (QED) is 0.857. The van der Waals surface area contributed by atoms with Crippen molar-refractivity contribution in [2.24, 2.45) is 0 Å². The first-order valence-electron chi connectivity index (χ1n) is 6.70. The Morgan fingerprint density at radius 3 is 2.79 bits per heavy atom. The number of imidazole rings is 1. The van der Waals surface area contributed by atoms with E-state index in [1.54, 1.807) is 0 Å². The van der Waals surface area contributed by atoms with Crippen LogP contribution in [0, 0.1) is 0 Å². The molecule has 0 bridgehead atoms. The molecule has 0 N–H and O–H groups in total. The molecular weight excluding hydrogens is 258 g/mol. The van der Waals surface area contributed by atoms with Crippen molar-refractivity contribution in [1.82, 2.24) is 14.5 Å². The zero-order chi connectivity index (χ0) is 13.2. The summed E-state index contributed by atoms with van der Waals surface area (Å²) in [5, 5.41) is 0.783. The van der Waals surface area contributed by atoms with Gasteiger partial charge in [-0.05, 0) is 44.1 Å². The fourth-order valence-electron chi connectivity index (χ4n) is 2.77. The normalized spacial score (nSPS) is 20.0. The SMILES string of the molecule is CN1CCC[C@@H]1c1nccn1Cc1ccc(Cl)cc1. The summed E-state index contributed by atoms with van der Waals surface area (Å²) in [6.07, 6.45) is 6.43. The number of hydrogen-bond acceptors (Lipinski definition) is 2. The molecule has 1 saturated heterocycles. The van der Waals surface area contributed by atoms with Crippen LogP contribution in [0.15, 0.2) is 36.7 Å². The van der Waals surface area contributed by atoms with Gasteiger partial charge >= 0.3 is 0 Å². The van der Waals surface area contributed by atoms with E-state index in [-0.39, 0.29) is 0 Å². The zero-order valence-corrected chi connectivity index (χ0v) is 11.8. The minimum absolute atomic E-state index is 0.460. The first kappa shape index (κ1) is 12.7. The van der Waals surface area contributed by atoms with Gasteiger partial charge in [0.1, 0.15) is 5.82 Å². The van der Waals surface area contributed by atoms with Gasteiger partial charge in [-0.15, -0.1) is 0 Å². The standard InChI is InChI=1S/C15H18ClN3/c1-18-9-2-3-14(18)15-17-8-10-19(15)11-12-4-6-13(16)7-5-12/h4-8,10,14H,2-3,9,11H2,1H3/t14-/m1/s1. The van der Waals surface area contributed by atoms with Crippen LogP contribution in [0.2, 0.25) is 5.02 Å². The largest absolute Gasteiger partial charge is 0.329 e. The van der Waals surface area contributed by atoms with Crippen LogP contribution in [0.5, 0.6) is 0 Å². The fourth-order valence-corrected chi connectivity index (χ4v) is 2.90. The second-order valence-corrected chi connectivity index (χ2v) is 5.61. The third-order valence-electron chi connectivity index (χ3n) is 3.83. The summed E-state index contributed by atoms with van der Waals surface area (Å²) in [7, 11) is 2.18. The number of likely N-dealkylation sites (tertiary alicyclic amines) is 1. The van der Waals surface area contributed by atoms with Crippen molar-refractivity contribution in [3.8, 4) is 0 Å². The van der Waals surface area contributed by atoms with Gasteiger partial charge in [-0.2, -0.15) is 0 Å². The zero-order valence-electron chi connectivity index (χ0n) is 11.1. The molecule has 4 heteroatoms. The van der Waals surface area contributed by atoms with Gasteiger partial charge in [0, 0.05) is 24.0 Å². The lowest BCUT2D eigenvalue weighted by Gasteiger charge is -2.20. The van der Waals surface area contributed by atoms with E-state index in [2.05, 4.69) is 39.8 Å². The van der Waals surface area contributed by atoms with Crippen LogP contribution in [0.3, 0.4) is 0 Å². The topological polar surface area (TPSA) is 21.1 Å². The van der Waals surface area contributed by atoms with Gasteiger partial charge in [-0.25, -0.2) is 4.98 Å². The van der Waals surface area contributed by atoms with Crippen LogP contribution in [0.4, 0.5) is 0 Å². The first-order chi connectivity index (χ1) is 9.24. The maximum absolute atomic E-state index is 5.92. The summed E-state index contributed by atoms with van der Waals surface area (Å²) >= 11 is 5.92. The first-order valence-corrected chi connectivity index (χ1v) is 7.07. The van der Waals surface area contributed by atoms with E-state index in [0.29, 0.717) is 6.04 Å². The molecule has 1 aliphatic rings. The van der Waals surface area contributed by atoms with E-state index in [0.717, 1.165) is 11.6 Å². The Bertz CT molecular complexity index is 547. The molecule has 1 aromatic heterocycles. The van der Waals surface area contributed by atoms with Gasteiger partial charge in [-0.3, -0.25) is 4.90 Å². The molecule has 0 saturated carbocycles. The second-order valence-electron chi connectivity index (χ2n) is 5.18. The van der Waals surface area contributed by atoms with Crippen molar-refractivity contribution >= 4 is 11.6 Å². The Morgan fingerprint density at radius 1 is 1.32 bits per heavy atom. The molecule has 2 heterocycles. The Balaban J connectivity index is 1.82. The van der Waals surface area contributed by atoms with Crippen molar-refractivity contribution in [1.29, 1.82) is 0 Å². The molecule has 3 nitrogen and oxygen atoms in total. The summed E-state index contributed by atoms with van der Waals surface area (Å²) in [6, 6.07) is 8.49. The van der Waals surface area contributed by atoms with Crippen LogP contribution >= 0.6 is 11.6 Å². The molecule has 19 heavy (non-hydrogen) atoms. The van der Waals surface area contributed by atoms with Crippen molar-refractivity contribution in [3.05, 3.63) is 53.1 Å². The number of benzene rings is 1. The number of hydrogen-bond donors (Lipinski definition) is 0. The van der Waals surface area contributed by atoms with Gasteiger partial charge in [-0.1, -0.05) is 23.7 Å². The third-order valence-corrected chi connectivity index (χ3v) is 4.08. The molecule has 0 spiro atoms. The van der Waals surface area contributed by atoms with Gasteiger partial charge in [0.05, 0.1) is 6.04 Å². The van der Waals surface area contributed by atoms with Gasteiger partial charge in [0.15, 0.2) is 0 Å². The molecule has 2 aromatic rings. The maximum atomic E-state index is 5.92. The van der Waals surface area contributed by atoms with Gasteiger partial charge < -0.3 is 4.57 Å². The fraction of sp³-hybridized carbons (Fsp3) is 0.400. The van der Waals surface area contributed by atoms with E-state index in [1.807, 2.05) is 18.3 Å². The minimum Gasteiger partial charge on any atom is -0.329 e. The molecule has 0 unspecified atom stereocenters. The van der Waals surface area contributed by atoms with Crippen molar-refractivity contribution in [2.75, 3.05) is 13.6 Å². The summed E-state index contributed by atoms with van der Waals surface area (Å²) in [5.41, 5.74) is 1.25. The Kier molecular flexibility index (Phi) is 3.58. The highest BCUT2D eigenvalue weighted by atomic mass is 35.5. The molecule has 0 radical (unpaired) electrons. The molecule has 0 amide bonds. The van der Waals surface area contributed by atoms with Crippen LogP contribution in [-0.2, 0) is 6.54 Å². The van der Waals surface area contributed by atoms with Crippen molar-refractivity contribution in [2.45, 2.75) is 25.4 Å². The highest BCUT2D eigenvalue weighted by Crippen LogP contribution is 2.29. The Labute approximate surface area is 118 Å². The van der Waals surface area contributed by atoms with E-state index in [9.17, 15) is 0 Å². The lowest BCUT2D eigenvalue weighted by molar-refractivity contribution is 0.299. The number of aromatic nitrogens is 2. The summed E-state index contributed by atoms with van der Waals surface area (Å²) < 4.78 is 2.25. The highest BCUT2D eigenvalue weighted by molar-refractivity contribution is 6.30. The summed E-state index contributed by atoms with van der Waals surface area (Å²) in [5.74, 6) is 1.18. The Hall–Kier alpha value is -1.32. The number of nitrogens with zero attached hydrogens (tertiary/aromatic N) is 3. The average molecular weight is 276 g/mol. The smallest absolute Gasteiger partial charge is 0.126 e. The van der Waals surface area contributed by atoms with E-state index >= 15 is 0 Å². The van der Waals surface area contributed by atoms with Crippen molar-refractivity contribution in [3.63, 3.8) is 0 Å². The van der Waals surface area contributed by atoms with Crippen molar-refractivity contribution < 1.29 is 0 Å². The lowest BCUT2D eigenvalue weighted by atomic mass is 10.2. The monoisotopic (exact) mass is 275 g/mol. The van der Waals surface area contributed by atoms with Crippen LogP contribution < -0.4 is 0 Å². The van der Waals surface area contributed by atoms with E-state index in [4.69, 9.17) is 11.6 Å². The Morgan fingerprint density at radius 2 is 2.11 bits per heavy atom. The predicted molar refractivity (Wildman–Crippen MR) is 77.4 cm³/mol. The summed E-state index contributed by atoms with van der Waals surface area (Å²) in [6.45, 7) is 2.02. The molecule has 1 aliphatic heterocycles. The van der Waals surface area contributed by atoms with E-state index < -0.39 is 0 Å². The molecule has 3 rings (SSSR count). The molecular formula is C15H18ClN3. The molecule has 0 aliphatic carbocycles. The van der Waals surface area contributed by atoms with Gasteiger partial charge in [0.2, 0.25) is 0 Å². The second kappa shape index (κ2) is 5.35. The summed E-state index contributed by atoms with van der Waals surface area (Å²) in [4.78, 5) is 6.95. The molecule has 100 valence electrons. The number of rotatable bonds is 3. The predicted octanol–water partition coefficient (Wildman–Crippen LogP) is 3.35. The van der Waals surface area contributed by atoms with Crippen LogP contribution in [0.25, 0.3) is 0 Å². The maximum Gasteiger partial charge on any atom is 0.126 e. The third kappa shape index (κ3) is 2.67. The lowest BCUT2D eigenvalue weighted by Crippen LogP contribution is -2.21. The average Bonchev–Trinajstić information content (AvgIpc) is 3.01. The molecule has 1 aromatic carbocycles. The van der Waals surface area contributed by atoms with Gasteiger partial charge in [0.25, 0.3) is 0 Å². The van der Waals surface area contributed by atoms with Crippen LogP contribution in [-0.4, -0.2) is 28.0 Å². The van der Waals surface area contributed by atoms with E-state index in [1.165, 1.54) is 30.8 Å².